The van der Waals surface area contributed by atoms with Crippen molar-refractivity contribution in [2.75, 3.05) is 17.3 Å². The monoisotopic (exact) mass is 246 g/mol. The van der Waals surface area contributed by atoms with Crippen LogP contribution in [0.25, 0.3) is 10.9 Å². The summed E-state index contributed by atoms with van der Waals surface area (Å²) in [5.41, 5.74) is 10.7. The molecule has 0 radical (unpaired) electrons. The first-order valence-corrected chi connectivity index (χ1v) is 5.53. The van der Waals surface area contributed by atoms with Gasteiger partial charge >= 0.3 is 6.03 Å². The topological polar surface area (TPSA) is 105 Å². The molecule has 0 aliphatic heterocycles. The maximum atomic E-state index is 10.7. The number of carbonyl (C=O) groups is 1. The molecule has 0 unspecified atom stereocenters. The van der Waals surface area contributed by atoms with E-state index in [2.05, 4.69) is 26.1 Å². The molecule has 0 fully saturated rings. The number of amides is 2. The number of rotatable bonds is 4. The Morgan fingerprint density at radius 2 is 2.11 bits per heavy atom. The third-order valence-electron chi connectivity index (χ3n) is 2.24. The smallest absolute Gasteiger partial charge is 0.330 e. The molecule has 7 nitrogen and oxygen atoms in total. The van der Waals surface area contributed by atoms with Gasteiger partial charge in [-0.05, 0) is 19.1 Å². The van der Waals surface area contributed by atoms with Crippen LogP contribution in [0.15, 0.2) is 24.3 Å². The molecular weight excluding hydrogens is 232 g/mol. The minimum atomic E-state index is -0.678. The minimum absolute atomic E-state index is 0.491. The van der Waals surface area contributed by atoms with Crippen LogP contribution in [0.2, 0.25) is 0 Å². The summed E-state index contributed by atoms with van der Waals surface area (Å²) in [6, 6.07) is 6.80. The largest absolute Gasteiger partial charge is 0.354 e. The molecule has 1 aromatic heterocycles. The second kappa shape index (κ2) is 5.17. The van der Waals surface area contributed by atoms with E-state index >= 15 is 0 Å². The zero-order valence-electron chi connectivity index (χ0n) is 9.90. The van der Waals surface area contributed by atoms with Crippen molar-refractivity contribution >= 4 is 28.7 Å². The maximum Gasteiger partial charge on any atom is 0.330 e. The van der Waals surface area contributed by atoms with Crippen molar-refractivity contribution in [3.8, 4) is 0 Å². The van der Waals surface area contributed by atoms with Crippen LogP contribution in [0, 0.1) is 0 Å². The fourth-order valence-electron chi connectivity index (χ4n) is 1.53. The van der Waals surface area contributed by atoms with E-state index in [9.17, 15) is 4.79 Å². The fourth-order valence-corrected chi connectivity index (χ4v) is 1.53. The lowest BCUT2D eigenvalue weighted by Crippen LogP contribution is -2.34. The Bertz CT molecular complexity index is 570. The van der Waals surface area contributed by atoms with E-state index in [1.54, 1.807) is 0 Å². The van der Waals surface area contributed by atoms with E-state index in [0.29, 0.717) is 18.3 Å². The van der Waals surface area contributed by atoms with Gasteiger partial charge in [-0.15, -0.1) is 0 Å². The summed E-state index contributed by atoms with van der Waals surface area (Å²) in [4.78, 5) is 19.3. The third kappa shape index (κ3) is 2.57. The molecule has 2 rings (SSSR count). The van der Waals surface area contributed by atoms with Crippen LogP contribution in [0.5, 0.6) is 0 Å². The van der Waals surface area contributed by atoms with E-state index < -0.39 is 6.03 Å². The summed E-state index contributed by atoms with van der Waals surface area (Å²) in [7, 11) is 0. The van der Waals surface area contributed by atoms with Gasteiger partial charge in [0.05, 0.1) is 5.52 Å². The minimum Gasteiger partial charge on any atom is -0.354 e. The van der Waals surface area contributed by atoms with Crippen LogP contribution in [0.3, 0.4) is 0 Å². The summed E-state index contributed by atoms with van der Waals surface area (Å²) < 4.78 is 0. The molecule has 2 amide bonds. The Kier molecular flexibility index (Phi) is 3.42. The number of hydrazine groups is 1. The van der Waals surface area contributed by atoms with Gasteiger partial charge in [-0.3, -0.25) is 10.9 Å². The quantitative estimate of drug-likeness (QED) is 0.604. The van der Waals surface area contributed by atoms with Gasteiger partial charge < -0.3 is 11.1 Å². The molecule has 1 aromatic carbocycles. The predicted molar refractivity (Wildman–Crippen MR) is 70.0 cm³/mol. The first-order valence-electron chi connectivity index (χ1n) is 5.53. The van der Waals surface area contributed by atoms with Crippen molar-refractivity contribution < 1.29 is 4.79 Å². The van der Waals surface area contributed by atoms with E-state index in [1.165, 1.54) is 0 Å². The molecule has 1 heterocycles. The van der Waals surface area contributed by atoms with Gasteiger partial charge in [0, 0.05) is 11.9 Å². The summed E-state index contributed by atoms with van der Waals surface area (Å²) in [5.74, 6) is 0.986. The van der Waals surface area contributed by atoms with Gasteiger partial charge in [0.25, 0.3) is 0 Å². The average molecular weight is 246 g/mol. The van der Waals surface area contributed by atoms with Crippen LogP contribution >= 0.6 is 0 Å². The lowest BCUT2D eigenvalue weighted by Gasteiger charge is -2.10. The number of hydrogen-bond acceptors (Lipinski definition) is 5. The zero-order valence-corrected chi connectivity index (χ0v) is 9.90. The van der Waals surface area contributed by atoms with Crippen molar-refractivity contribution in [3.05, 3.63) is 24.3 Å². The highest BCUT2D eigenvalue weighted by Gasteiger charge is 2.06. The number of nitrogens with two attached hydrogens (primary N) is 1. The highest BCUT2D eigenvalue weighted by atomic mass is 16.2. The standard InChI is InChI=1S/C11H14N6O/c1-2-13-11-14-8-6-4-3-5-7(8)9(15-11)16-17-10(12)18/h3-6H,2H2,1H3,(H3,12,17,18)(H2,13,14,15,16). The molecule has 5 N–H and O–H groups in total. The van der Waals surface area contributed by atoms with Crippen molar-refractivity contribution in [2.24, 2.45) is 5.73 Å². The Morgan fingerprint density at radius 3 is 2.83 bits per heavy atom. The summed E-state index contributed by atoms with van der Waals surface area (Å²) in [6.45, 7) is 2.66. The molecular formula is C11H14N6O. The lowest BCUT2D eigenvalue weighted by atomic mass is 10.2. The molecule has 0 saturated heterocycles. The molecule has 18 heavy (non-hydrogen) atoms. The fraction of sp³-hybridized carbons (Fsp3) is 0.182. The van der Waals surface area contributed by atoms with Gasteiger partial charge in [0.1, 0.15) is 0 Å². The Balaban J connectivity index is 2.43. The van der Waals surface area contributed by atoms with Gasteiger partial charge in [-0.2, -0.15) is 4.98 Å². The molecule has 0 aliphatic carbocycles. The van der Waals surface area contributed by atoms with Gasteiger partial charge in [0.15, 0.2) is 5.82 Å². The molecule has 0 aliphatic rings. The van der Waals surface area contributed by atoms with E-state index in [1.807, 2.05) is 31.2 Å². The normalized spacial score (nSPS) is 10.1. The number of anilines is 2. The zero-order chi connectivity index (χ0) is 13.0. The summed E-state index contributed by atoms with van der Waals surface area (Å²) >= 11 is 0. The number of hydrogen-bond donors (Lipinski definition) is 4. The number of nitrogens with one attached hydrogen (secondary N) is 3. The molecule has 7 heteroatoms. The SMILES string of the molecule is CCNc1nc(NNC(N)=O)c2ccccc2n1. The summed E-state index contributed by atoms with van der Waals surface area (Å²) in [5, 5.41) is 3.82. The average Bonchev–Trinajstić information content (AvgIpc) is 2.36. The van der Waals surface area contributed by atoms with E-state index in [0.717, 1.165) is 10.9 Å². The lowest BCUT2D eigenvalue weighted by molar-refractivity contribution is 0.250. The molecule has 2 aromatic rings. The Morgan fingerprint density at radius 1 is 1.33 bits per heavy atom. The number of nitrogens with zero attached hydrogens (tertiary/aromatic N) is 2. The molecule has 94 valence electrons. The number of carbonyl (C=O) groups excluding carboxylic acids is 1. The molecule has 0 spiro atoms. The van der Waals surface area contributed by atoms with Crippen molar-refractivity contribution in [2.45, 2.75) is 6.92 Å². The van der Waals surface area contributed by atoms with Crippen LogP contribution in [-0.4, -0.2) is 22.5 Å². The number of benzene rings is 1. The van der Waals surface area contributed by atoms with Crippen molar-refractivity contribution in [1.29, 1.82) is 0 Å². The Hall–Kier alpha value is -2.57. The second-order valence-corrected chi connectivity index (χ2v) is 3.56. The van der Waals surface area contributed by atoms with Gasteiger partial charge in [-0.1, -0.05) is 12.1 Å². The van der Waals surface area contributed by atoms with Crippen LogP contribution < -0.4 is 21.9 Å². The van der Waals surface area contributed by atoms with Gasteiger partial charge in [0.2, 0.25) is 5.95 Å². The maximum absolute atomic E-state index is 10.7. The number of urea groups is 1. The number of aromatic nitrogens is 2. The second-order valence-electron chi connectivity index (χ2n) is 3.56. The molecule has 0 atom stereocenters. The first kappa shape index (κ1) is 11.9. The Labute approximate surface area is 104 Å². The molecule has 0 bridgehead atoms. The number of para-hydroxylation sites is 1. The van der Waals surface area contributed by atoms with Crippen molar-refractivity contribution in [1.82, 2.24) is 15.4 Å². The van der Waals surface area contributed by atoms with E-state index in [4.69, 9.17) is 5.73 Å². The highest BCUT2D eigenvalue weighted by molar-refractivity contribution is 5.90. The highest BCUT2D eigenvalue weighted by Crippen LogP contribution is 2.20. The first-order chi connectivity index (χ1) is 8.70. The molecule has 0 saturated carbocycles. The predicted octanol–water partition coefficient (Wildman–Crippen LogP) is 1.06. The van der Waals surface area contributed by atoms with Crippen LogP contribution in [0.1, 0.15) is 6.92 Å². The van der Waals surface area contributed by atoms with Crippen molar-refractivity contribution in [3.63, 3.8) is 0 Å². The number of fused-ring (bicyclic) bond motifs is 1. The van der Waals surface area contributed by atoms with Crippen LogP contribution in [0.4, 0.5) is 16.6 Å². The number of primary amides is 1. The summed E-state index contributed by atoms with van der Waals surface area (Å²) in [6.07, 6.45) is 0. The third-order valence-corrected chi connectivity index (χ3v) is 2.24. The van der Waals surface area contributed by atoms with Gasteiger partial charge in [-0.25, -0.2) is 9.78 Å². The van der Waals surface area contributed by atoms with Crippen LogP contribution in [-0.2, 0) is 0 Å². The van der Waals surface area contributed by atoms with E-state index in [-0.39, 0.29) is 0 Å².